The molecule has 0 heterocycles. The lowest BCUT2D eigenvalue weighted by atomic mass is 10.1. The van der Waals surface area contributed by atoms with Gasteiger partial charge in [0.05, 0.1) is 13.2 Å². The van der Waals surface area contributed by atoms with Crippen molar-refractivity contribution in [3.8, 4) is 0 Å². The maximum Gasteiger partial charge on any atom is 0.320 e. The molecule has 0 aromatic carbocycles. The number of rotatable bonds is 9. The van der Waals surface area contributed by atoms with Gasteiger partial charge in [-0.25, -0.2) is 0 Å². The molecule has 0 radical (unpaired) electrons. The van der Waals surface area contributed by atoms with Crippen LogP contribution >= 0.6 is 0 Å². The molecule has 0 aromatic rings. The maximum absolute atomic E-state index is 11.1. The summed E-state index contributed by atoms with van der Waals surface area (Å²) < 4.78 is 5.08. The van der Waals surface area contributed by atoms with E-state index in [1.54, 1.807) is 0 Å². The van der Waals surface area contributed by atoms with E-state index >= 15 is 0 Å². The summed E-state index contributed by atoms with van der Waals surface area (Å²) in [6.07, 6.45) is 7.34. The van der Waals surface area contributed by atoms with Crippen molar-refractivity contribution in [2.45, 2.75) is 45.4 Å². The second-order valence-corrected chi connectivity index (χ2v) is 4.23. The van der Waals surface area contributed by atoms with Gasteiger partial charge in [-0.15, -0.1) is 0 Å². The highest BCUT2D eigenvalue weighted by atomic mass is 16.5. The molecule has 90 valence electrons. The van der Waals surface area contributed by atoms with Crippen LogP contribution in [0.15, 0.2) is 0 Å². The Morgan fingerprint density at radius 1 is 1.07 bits per heavy atom. The van der Waals surface area contributed by atoms with Gasteiger partial charge in [-0.2, -0.15) is 0 Å². The summed E-state index contributed by atoms with van der Waals surface area (Å²) in [5.74, 6) is -0.117. The predicted molar refractivity (Wildman–Crippen MR) is 62.9 cm³/mol. The number of hydrogen-bond acceptors (Lipinski definition) is 3. The zero-order valence-electron chi connectivity index (χ0n) is 10.4. The normalized spacial score (nSPS) is 10.7. The van der Waals surface area contributed by atoms with Gasteiger partial charge >= 0.3 is 5.97 Å². The van der Waals surface area contributed by atoms with Crippen LogP contribution in [0.5, 0.6) is 0 Å². The van der Waals surface area contributed by atoms with Gasteiger partial charge in [0.1, 0.15) is 0 Å². The number of carbonyl (C=O) groups is 1. The highest BCUT2D eigenvalue weighted by molar-refractivity contribution is 5.71. The smallest absolute Gasteiger partial charge is 0.320 e. The number of hydrogen-bond donors (Lipinski definition) is 0. The maximum atomic E-state index is 11.1. The molecule has 0 unspecified atom stereocenters. The molecule has 0 bridgehead atoms. The van der Waals surface area contributed by atoms with Gasteiger partial charge in [-0.3, -0.25) is 9.69 Å². The fourth-order valence-corrected chi connectivity index (χ4v) is 1.37. The van der Waals surface area contributed by atoms with E-state index in [1.165, 1.54) is 32.1 Å². The molecule has 0 aliphatic carbocycles. The van der Waals surface area contributed by atoms with Crippen molar-refractivity contribution in [3.63, 3.8) is 0 Å². The summed E-state index contributed by atoms with van der Waals surface area (Å²) in [4.78, 5) is 12.9. The third-order valence-electron chi connectivity index (χ3n) is 2.21. The predicted octanol–water partition coefficient (Wildman–Crippen LogP) is 2.45. The van der Waals surface area contributed by atoms with Gasteiger partial charge in [-0.05, 0) is 20.5 Å². The van der Waals surface area contributed by atoms with E-state index in [4.69, 9.17) is 4.74 Å². The van der Waals surface area contributed by atoms with E-state index in [1.807, 2.05) is 19.0 Å². The van der Waals surface area contributed by atoms with E-state index in [0.29, 0.717) is 13.2 Å². The Morgan fingerprint density at radius 3 is 2.27 bits per heavy atom. The summed E-state index contributed by atoms with van der Waals surface area (Å²) in [6, 6.07) is 0. The molecule has 0 amide bonds. The van der Waals surface area contributed by atoms with Gasteiger partial charge in [0.15, 0.2) is 0 Å². The van der Waals surface area contributed by atoms with Crippen molar-refractivity contribution in [2.75, 3.05) is 27.2 Å². The molecule has 3 nitrogen and oxygen atoms in total. The highest BCUT2D eigenvalue weighted by Crippen LogP contribution is 2.04. The average Bonchev–Trinajstić information content (AvgIpc) is 2.15. The molecule has 0 aromatic heterocycles. The fourth-order valence-electron chi connectivity index (χ4n) is 1.37. The van der Waals surface area contributed by atoms with Crippen LogP contribution in [0.4, 0.5) is 0 Å². The van der Waals surface area contributed by atoms with Crippen LogP contribution in [0.3, 0.4) is 0 Å². The molecule has 0 rings (SSSR count). The van der Waals surface area contributed by atoms with Crippen LogP contribution in [0, 0.1) is 0 Å². The first-order chi connectivity index (χ1) is 7.16. The van der Waals surface area contributed by atoms with Gasteiger partial charge in [0.2, 0.25) is 0 Å². The van der Waals surface area contributed by atoms with E-state index in [9.17, 15) is 4.79 Å². The molecule has 0 saturated carbocycles. The summed E-state index contributed by atoms with van der Waals surface area (Å²) in [5.41, 5.74) is 0. The number of unbranched alkanes of at least 4 members (excludes halogenated alkanes) is 5. The Bertz CT molecular complexity index is 158. The zero-order chi connectivity index (χ0) is 11.5. The molecule has 0 saturated heterocycles. The topological polar surface area (TPSA) is 29.5 Å². The van der Waals surface area contributed by atoms with Gasteiger partial charge in [0, 0.05) is 0 Å². The molecule has 0 aliphatic rings. The van der Waals surface area contributed by atoms with Crippen molar-refractivity contribution in [2.24, 2.45) is 0 Å². The summed E-state index contributed by atoms with van der Waals surface area (Å²) in [5, 5.41) is 0. The van der Waals surface area contributed by atoms with E-state index < -0.39 is 0 Å². The second kappa shape index (κ2) is 9.97. The largest absolute Gasteiger partial charge is 0.465 e. The van der Waals surface area contributed by atoms with Crippen LogP contribution in [-0.2, 0) is 9.53 Å². The molecule has 3 heteroatoms. The Kier molecular flexibility index (Phi) is 9.59. The van der Waals surface area contributed by atoms with Crippen molar-refractivity contribution >= 4 is 5.97 Å². The van der Waals surface area contributed by atoms with Crippen molar-refractivity contribution in [3.05, 3.63) is 0 Å². The second-order valence-electron chi connectivity index (χ2n) is 4.23. The molecule has 15 heavy (non-hydrogen) atoms. The molecular formula is C12H25NO2. The molecular weight excluding hydrogens is 190 g/mol. The Balaban J connectivity index is 3.13. The standard InChI is InChI=1S/C12H25NO2/c1-4-5-6-7-8-9-10-15-12(14)11-13(2)3/h4-11H2,1-3H3. The van der Waals surface area contributed by atoms with E-state index in [0.717, 1.165) is 6.42 Å². The van der Waals surface area contributed by atoms with Crippen molar-refractivity contribution in [1.82, 2.24) is 4.90 Å². The van der Waals surface area contributed by atoms with E-state index in [2.05, 4.69) is 6.92 Å². The summed E-state index contributed by atoms with van der Waals surface area (Å²) in [6.45, 7) is 3.18. The van der Waals surface area contributed by atoms with E-state index in [-0.39, 0.29) is 5.97 Å². The van der Waals surface area contributed by atoms with Gasteiger partial charge in [-0.1, -0.05) is 39.0 Å². The number of likely N-dealkylation sites (N-methyl/N-ethyl adjacent to an activating group) is 1. The highest BCUT2D eigenvalue weighted by Gasteiger charge is 2.02. The Hall–Kier alpha value is -0.570. The molecule has 0 aliphatic heterocycles. The number of ether oxygens (including phenoxy) is 1. The third-order valence-corrected chi connectivity index (χ3v) is 2.21. The minimum absolute atomic E-state index is 0.117. The number of carbonyl (C=O) groups excluding carboxylic acids is 1. The lowest BCUT2D eigenvalue weighted by Gasteiger charge is -2.09. The van der Waals surface area contributed by atoms with Crippen molar-refractivity contribution in [1.29, 1.82) is 0 Å². The zero-order valence-corrected chi connectivity index (χ0v) is 10.4. The van der Waals surface area contributed by atoms with Crippen LogP contribution < -0.4 is 0 Å². The first kappa shape index (κ1) is 14.4. The third kappa shape index (κ3) is 11.4. The lowest BCUT2D eigenvalue weighted by Crippen LogP contribution is -2.23. The Morgan fingerprint density at radius 2 is 1.67 bits per heavy atom. The van der Waals surface area contributed by atoms with Crippen LogP contribution in [0.25, 0.3) is 0 Å². The summed E-state index contributed by atoms with van der Waals surface area (Å²) >= 11 is 0. The van der Waals surface area contributed by atoms with Crippen molar-refractivity contribution < 1.29 is 9.53 Å². The van der Waals surface area contributed by atoms with Crippen LogP contribution in [-0.4, -0.2) is 38.1 Å². The molecule has 0 fully saturated rings. The van der Waals surface area contributed by atoms with Crippen LogP contribution in [0.2, 0.25) is 0 Å². The molecule has 0 atom stereocenters. The lowest BCUT2D eigenvalue weighted by molar-refractivity contribution is -0.144. The monoisotopic (exact) mass is 215 g/mol. The Labute approximate surface area is 93.8 Å². The minimum Gasteiger partial charge on any atom is -0.465 e. The summed E-state index contributed by atoms with van der Waals surface area (Å²) in [7, 11) is 3.73. The van der Waals surface area contributed by atoms with Gasteiger partial charge < -0.3 is 4.74 Å². The SMILES string of the molecule is CCCCCCCCOC(=O)CN(C)C. The quantitative estimate of drug-likeness (QED) is 0.437. The number of nitrogens with zero attached hydrogens (tertiary/aromatic N) is 1. The van der Waals surface area contributed by atoms with Crippen LogP contribution in [0.1, 0.15) is 45.4 Å². The fraction of sp³-hybridized carbons (Fsp3) is 0.917. The molecule has 0 spiro atoms. The van der Waals surface area contributed by atoms with Gasteiger partial charge in [0.25, 0.3) is 0 Å². The molecule has 0 N–H and O–H groups in total. The first-order valence-electron chi connectivity index (χ1n) is 5.97. The minimum atomic E-state index is -0.117. The first-order valence-corrected chi connectivity index (χ1v) is 5.97. The number of esters is 1. The average molecular weight is 215 g/mol.